The van der Waals surface area contributed by atoms with Crippen molar-refractivity contribution in [2.75, 3.05) is 0 Å². The van der Waals surface area contributed by atoms with E-state index in [-0.39, 0.29) is 12.7 Å². The summed E-state index contributed by atoms with van der Waals surface area (Å²) in [5, 5.41) is 9.17. The van der Waals surface area contributed by atoms with Crippen LogP contribution in [-0.4, -0.2) is 12.0 Å². The summed E-state index contributed by atoms with van der Waals surface area (Å²) in [6.07, 6.45) is -0.0454. The zero-order valence-corrected chi connectivity index (χ0v) is 13.1. The van der Waals surface area contributed by atoms with E-state index < -0.39 is 5.91 Å². The van der Waals surface area contributed by atoms with E-state index in [0.717, 1.165) is 5.56 Å². The number of carbonyl (C=O) groups excluding carboxylic acids is 1. The molecule has 0 spiro atoms. The topological polar surface area (TPSA) is 71.3 Å². The molecular weight excluding hydrogens is 292 g/mol. The van der Waals surface area contributed by atoms with Gasteiger partial charge in [-0.2, -0.15) is 5.26 Å². The summed E-state index contributed by atoms with van der Waals surface area (Å²) in [5.41, 5.74) is 3.97. The van der Waals surface area contributed by atoms with Crippen molar-refractivity contribution in [2.24, 2.45) is 0 Å². The van der Waals surface area contributed by atoms with E-state index in [2.05, 4.69) is 5.48 Å². The molecule has 5 nitrogen and oxygen atoms in total. The quantitative estimate of drug-likeness (QED) is 0.832. The third-order valence-electron chi connectivity index (χ3n) is 2.97. The molecule has 1 N–H and O–H groups in total. The number of nitrogens with one attached hydrogen (secondary N) is 1. The molecule has 118 valence electrons. The number of nitrogens with zero attached hydrogens (tertiary/aromatic N) is 1. The Kier molecular flexibility index (Phi) is 5.73. The Labute approximate surface area is 135 Å². The van der Waals surface area contributed by atoms with E-state index in [0.29, 0.717) is 16.9 Å². The second-order valence-electron chi connectivity index (χ2n) is 5.19. The highest BCUT2D eigenvalue weighted by Crippen LogP contribution is 2.20. The highest BCUT2D eigenvalue weighted by molar-refractivity contribution is 5.94. The van der Waals surface area contributed by atoms with Crippen molar-refractivity contribution in [3.63, 3.8) is 0 Å². The lowest BCUT2D eigenvalue weighted by Crippen LogP contribution is -2.23. The molecule has 0 unspecified atom stereocenters. The third-order valence-corrected chi connectivity index (χ3v) is 2.97. The van der Waals surface area contributed by atoms with Gasteiger partial charge >= 0.3 is 0 Å². The summed E-state index contributed by atoms with van der Waals surface area (Å²) >= 11 is 0. The van der Waals surface area contributed by atoms with Gasteiger partial charge in [-0.15, -0.1) is 0 Å². The van der Waals surface area contributed by atoms with Gasteiger partial charge in [0.15, 0.2) is 0 Å². The van der Waals surface area contributed by atoms with Crippen LogP contribution in [0.15, 0.2) is 48.5 Å². The molecule has 0 atom stereocenters. The van der Waals surface area contributed by atoms with Gasteiger partial charge in [-0.3, -0.25) is 9.63 Å². The summed E-state index contributed by atoms with van der Waals surface area (Å²) in [6, 6.07) is 16.2. The molecule has 0 aromatic heterocycles. The van der Waals surface area contributed by atoms with Crippen molar-refractivity contribution in [3.05, 3.63) is 65.2 Å². The van der Waals surface area contributed by atoms with Crippen LogP contribution in [0.3, 0.4) is 0 Å². The number of ether oxygens (including phenoxy) is 1. The van der Waals surface area contributed by atoms with Gasteiger partial charge in [0.2, 0.25) is 0 Å². The molecule has 5 heteroatoms. The van der Waals surface area contributed by atoms with Crippen LogP contribution >= 0.6 is 0 Å². The van der Waals surface area contributed by atoms with Gasteiger partial charge in [0.05, 0.1) is 18.3 Å². The molecule has 1 amide bonds. The highest BCUT2D eigenvalue weighted by Gasteiger charge is 2.11. The molecule has 0 radical (unpaired) electrons. The number of amides is 1. The maximum absolute atomic E-state index is 12.1. The molecular formula is C18H18N2O3. The lowest BCUT2D eigenvalue weighted by molar-refractivity contribution is 0.0233. The molecule has 0 aliphatic carbocycles. The Hall–Kier alpha value is -2.84. The van der Waals surface area contributed by atoms with E-state index in [1.54, 1.807) is 12.1 Å². The number of hydrogen-bond donors (Lipinski definition) is 1. The average Bonchev–Trinajstić information content (AvgIpc) is 2.55. The first-order valence-corrected chi connectivity index (χ1v) is 7.27. The smallest absolute Gasteiger partial charge is 0.274 e. The van der Waals surface area contributed by atoms with E-state index in [4.69, 9.17) is 14.8 Å². The predicted molar refractivity (Wildman–Crippen MR) is 85.6 cm³/mol. The van der Waals surface area contributed by atoms with Gasteiger partial charge in [0, 0.05) is 5.56 Å². The SMILES string of the molecule is CC(C)Oc1ccc(C(=O)NOCc2ccccc2)cc1C#N. The van der Waals surface area contributed by atoms with Crippen LogP contribution in [0.5, 0.6) is 5.75 Å². The number of rotatable bonds is 6. The van der Waals surface area contributed by atoms with Crippen molar-refractivity contribution in [1.29, 1.82) is 5.26 Å². The highest BCUT2D eigenvalue weighted by atomic mass is 16.6. The molecule has 2 aromatic carbocycles. The molecule has 23 heavy (non-hydrogen) atoms. The number of carbonyl (C=O) groups is 1. The molecule has 0 fully saturated rings. The minimum absolute atomic E-state index is 0.0454. The summed E-state index contributed by atoms with van der Waals surface area (Å²) in [5.74, 6) is 0.0535. The third kappa shape index (κ3) is 4.83. The van der Waals surface area contributed by atoms with E-state index in [1.807, 2.05) is 50.2 Å². The van der Waals surface area contributed by atoms with Crippen molar-refractivity contribution in [1.82, 2.24) is 5.48 Å². The molecule has 0 saturated heterocycles. The van der Waals surface area contributed by atoms with Crippen LogP contribution in [0.25, 0.3) is 0 Å². The Balaban J connectivity index is 1.98. The average molecular weight is 310 g/mol. The Morgan fingerprint density at radius 2 is 1.96 bits per heavy atom. The monoisotopic (exact) mass is 310 g/mol. The molecule has 0 bridgehead atoms. The predicted octanol–water partition coefficient (Wildman–Crippen LogP) is 3.21. The standard InChI is InChI=1S/C18H18N2O3/c1-13(2)23-17-9-8-15(10-16(17)11-19)18(21)20-22-12-14-6-4-3-5-7-14/h3-10,13H,12H2,1-2H3,(H,20,21). The first-order valence-electron chi connectivity index (χ1n) is 7.27. The largest absolute Gasteiger partial charge is 0.490 e. The molecule has 2 rings (SSSR count). The maximum atomic E-state index is 12.1. The van der Waals surface area contributed by atoms with E-state index in [1.165, 1.54) is 6.07 Å². The van der Waals surface area contributed by atoms with Gasteiger partial charge in [-0.1, -0.05) is 30.3 Å². The van der Waals surface area contributed by atoms with Gasteiger partial charge in [-0.25, -0.2) is 5.48 Å². The summed E-state index contributed by atoms with van der Waals surface area (Å²) in [4.78, 5) is 17.2. The maximum Gasteiger partial charge on any atom is 0.274 e. The van der Waals surface area contributed by atoms with Crippen LogP contribution in [0.2, 0.25) is 0 Å². The van der Waals surface area contributed by atoms with E-state index in [9.17, 15) is 4.79 Å². The molecule has 0 aliphatic heterocycles. The van der Waals surface area contributed by atoms with Crippen molar-refractivity contribution < 1.29 is 14.4 Å². The van der Waals surface area contributed by atoms with Gasteiger partial charge < -0.3 is 4.74 Å². The minimum atomic E-state index is -0.409. The van der Waals surface area contributed by atoms with Gasteiger partial charge in [-0.05, 0) is 37.6 Å². The summed E-state index contributed by atoms with van der Waals surface area (Å²) in [7, 11) is 0. The number of hydrogen-bond acceptors (Lipinski definition) is 4. The fourth-order valence-corrected chi connectivity index (χ4v) is 1.93. The Morgan fingerprint density at radius 3 is 2.61 bits per heavy atom. The van der Waals surface area contributed by atoms with Crippen LogP contribution in [-0.2, 0) is 11.4 Å². The molecule has 2 aromatic rings. The minimum Gasteiger partial charge on any atom is -0.490 e. The van der Waals surface area contributed by atoms with Crippen LogP contribution in [0, 0.1) is 11.3 Å². The lowest BCUT2D eigenvalue weighted by atomic mass is 10.1. The van der Waals surface area contributed by atoms with E-state index >= 15 is 0 Å². The Bertz CT molecular complexity index is 706. The zero-order valence-electron chi connectivity index (χ0n) is 13.1. The zero-order chi connectivity index (χ0) is 16.7. The summed E-state index contributed by atoms with van der Waals surface area (Å²) < 4.78 is 5.52. The van der Waals surface area contributed by atoms with Crippen LogP contribution in [0.1, 0.15) is 35.3 Å². The lowest BCUT2D eigenvalue weighted by Gasteiger charge is -2.12. The summed E-state index contributed by atoms with van der Waals surface area (Å²) in [6.45, 7) is 4.02. The number of hydroxylamine groups is 1. The number of benzene rings is 2. The number of nitriles is 1. The second kappa shape index (κ2) is 7.97. The molecule has 0 heterocycles. The fourth-order valence-electron chi connectivity index (χ4n) is 1.93. The van der Waals surface area contributed by atoms with Crippen molar-refractivity contribution in [2.45, 2.75) is 26.6 Å². The molecule has 0 saturated carbocycles. The Morgan fingerprint density at radius 1 is 1.22 bits per heavy atom. The van der Waals surface area contributed by atoms with Crippen molar-refractivity contribution in [3.8, 4) is 11.8 Å². The normalized spacial score (nSPS) is 10.2. The van der Waals surface area contributed by atoms with Crippen molar-refractivity contribution >= 4 is 5.91 Å². The van der Waals surface area contributed by atoms with Gasteiger partial charge in [0.25, 0.3) is 5.91 Å². The van der Waals surface area contributed by atoms with Gasteiger partial charge in [0.1, 0.15) is 11.8 Å². The fraction of sp³-hybridized carbons (Fsp3) is 0.222. The molecule has 0 aliphatic rings. The van der Waals surface area contributed by atoms with Crippen LogP contribution < -0.4 is 10.2 Å². The second-order valence-corrected chi connectivity index (χ2v) is 5.19. The first-order chi connectivity index (χ1) is 11.1. The first kappa shape index (κ1) is 16.5. The van der Waals surface area contributed by atoms with Crippen LogP contribution in [0.4, 0.5) is 0 Å².